The van der Waals surface area contributed by atoms with Crippen LogP contribution >= 0.6 is 0 Å². The third kappa shape index (κ3) is 9.47. The van der Waals surface area contributed by atoms with Crippen molar-refractivity contribution in [2.45, 2.75) is 26.2 Å². The summed E-state index contributed by atoms with van der Waals surface area (Å²) in [6, 6.07) is 7.33. The number of carbonyl (C=O) groups excluding carboxylic acids is 1. The number of hydrogen-bond donors (Lipinski definition) is 2. The van der Waals surface area contributed by atoms with E-state index in [0.29, 0.717) is 12.3 Å². The maximum Gasteiger partial charge on any atom is 0.411 e. The molecule has 1 aromatic rings. The van der Waals surface area contributed by atoms with E-state index in [4.69, 9.17) is 9.47 Å². The minimum atomic E-state index is -0.423. The number of hydrogen-bond acceptors (Lipinski definition) is 3. The number of benzene rings is 1. The van der Waals surface area contributed by atoms with Gasteiger partial charge >= 0.3 is 6.09 Å². The first kappa shape index (κ1) is 20.5. The number of anilines is 1. The van der Waals surface area contributed by atoms with Crippen LogP contribution in [0.3, 0.4) is 0 Å². The summed E-state index contributed by atoms with van der Waals surface area (Å²) in [5, 5.41) is 2.69. The van der Waals surface area contributed by atoms with E-state index in [1.165, 1.54) is 17.7 Å². The van der Waals surface area contributed by atoms with Gasteiger partial charge in [-0.1, -0.05) is 19.8 Å². The van der Waals surface area contributed by atoms with Crippen LogP contribution in [0.1, 0.15) is 26.2 Å². The first-order valence-corrected chi connectivity index (χ1v) is 7.57. The molecule has 22 heavy (non-hydrogen) atoms. The fraction of sp³-hybridized carbons (Fsp3) is 0.562. The molecule has 0 saturated heterocycles. The molecule has 0 spiro atoms. The zero-order valence-electron chi connectivity index (χ0n) is 13.7. The van der Waals surface area contributed by atoms with Gasteiger partial charge in [-0.05, 0) is 30.7 Å². The molecule has 6 heteroatoms. The van der Waals surface area contributed by atoms with Gasteiger partial charge < -0.3 is 26.8 Å². The van der Waals surface area contributed by atoms with Crippen LogP contribution in [0, 0.1) is 0 Å². The maximum absolute atomic E-state index is 11.5. The lowest BCUT2D eigenvalue weighted by atomic mass is 10.2. The van der Waals surface area contributed by atoms with Gasteiger partial charge in [0.2, 0.25) is 0 Å². The molecule has 0 aliphatic carbocycles. The summed E-state index contributed by atoms with van der Waals surface area (Å²) in [6.07, 6.45) is 3.01. The number of rotatable bonds is 9. The Morgan fingerprint density at radius 3 is 2.41 bits per heavy atom. The predicted octanol–water partition coefficient (Wildman–Crippen LogP) is -1.05. The summed E-state index contributed by atoms with van der Waals surface area (Å²) < 4.78 is 10.7. The van der Waals surface area contributed by atoms with Gasteiger partial charge in [0, 0.05) is 5.69 Å². The highest BCUT2D eigenvalue weighted by molar-refractivity contribution is 5.84. The van der Waals surface area contributed by atoms with E-state index in [0.717, 1.165) is 25.3 Å². The van der Waals surface area contributed by atoms with Crippen molar-refractivity contribution in [1.82, 2.24) is 0 Å². The van der Waals surface area contributed by atoms with E-state index < -0.39 is 6.09 Å². The molecule has 0 aliphatic rings. The number of quaternary nitrogens is 1. The molecule has 0 heterocycles. The molecule has 1 amide bonds. The molecule has 0 fully saturated rings. The minimum absolute atomic E-state index is 0. The van der Waals surface area contributed by atoms with Gasteiger partial charge in [-0.2, -0.15) is 0 Å². The molecule has 1 rings (SSSR count). The Balaban J connectivity index is 0.00000441. The number of likely N-dealkylation sites (N-methyl/N-ethyl adjacent to an activating group) is 1. The smallest absolute Gasteiger partial charge is 0.411 e. The molecule has 0 bridgehead atoms. The summed E-state index contributed by atoms with van der Waals surface area (Å²) in [7, 11) is 4.03. The first-order chi connectivity index (χ1) is 10.1. The van der Waals surface area contributed by atoms with Crippen molar-refractivity contribution < 1.29 is 31.6 Å². The Kier molecular flexibility index (Phi) is 11.3. The molecule has 0 aliphatic heterocycles. The van der Waals surface area contributed by atoms with Gasteiger partial charge in [0.25, 0.3) is 0 Å². The van der Waals surface area contributed by atoms with Crippen molar-refractivity contribution in [2.75, 3.05) is 39.2 Å². The van der Waals surface area contributed by atoms with E-state index in [2.05, 4.69) is 12.2 Å². The van der Waals surface area contributed by atoms with E-state index in [9.17, 15) is 4.79 Å². The van der Waals surface area contributed by atoms with Crippen LogP contribution in [0.15, 0.2) is 24.3 Å². The molecular weight excluding hydrogens is 304 g/mol. The van der Waals surface area contributed by atoms with Crippen molar-refractivity contribution in [1.29, 1.82) is 0 Å². The van der Waals surface area contributed by atoms with E-state index in [-0.39, 0.29) is 12.4 Å². The van der Waals surface area contributed by atoms with Gasteiger partial charge in [0.1, 0.15) is 18.9 Å². The topological polar surface area (TPSA) is 52.0 Å². The fourth-order valence-electron chi connectivity index (χ4n) is 1.68. The van der Waals surface area contributed by atoms with Crippen LogP contribution in [-0.2, 0) is 4.74 Å². The number of halogens is 1. The van der Waals surface area contributed by atoms with Crippen molar-refractivity contribution in [3.63, 3.8) is 0 Å². The van der Waals surface area contributed by atoms with Crippen LogP contribution in [0.4, 0.5) is 10.5 Å². The number of ether oxygens (including phenoxy) is 2. The van der Waals surface area contributed by atoms with E-state index in [1.54, 1.807) is 0 Å². The standard InChI is InChI=1S/C16H26N2O3.ClH/c1-4-5-6-12-20-15-9-7-14(8-10-15)17-16(19)21-13-11-18(2)3;/h7-10H,4-6,11-13H2,1-3H3,(H,17,19);1H. The number of nitrogens with one attached hydrogen (secondary N) is 2. The summed E-state index contributed by atoms with van der Waals surface area (Å²) in [4.78, 5) is 12.8. The molecule has 1 aromatic carbocycles. The monoisotopic (exact) mass is 330 g/mol. The Morgan fingerprint density at radius 2 is 1.82 bits per heavy atom. The number of amides is 1. The van der Waals surface area contributed by atoms with Crippen molar-refractivity contribution in [2.24, 2.45) is 0 Å². The molecule has 0 aromatic heterocycles. The Hall–Kier alpha value is -1.46. The van der Waals surface area contributed by atoms with E-state index in [1.807, 2.05) is 38.4 Å². The van der Waals surface area contributed by atoms with Crippen molar-refractivity contribution in [3.05, 3.63) is 24.3 Å². The van der Waals surface area contributed by atoms with Crippen LogP contribution in [0.5, 0.6) is 5.75 Å². The molecule has 0 radical (unpaired) electrons. The van der Waals surface area contributed by atoms with Crippen molar-refractivity contribution >= 4 is 11.8 Å². The largest absolute Gasteiger partial charge is 1.00 e. The normalized spacial score (nSPS) is 10.0. The highest BCUT2D eigenvalue weighted by Crippen LogP contribution is 2.16. The van der Waals surface area contributed by atoms with E-state index >= 15 is 0 Å². The van der Waals surface area contributed by atoms with Crippen LogP contribution < -0.4 is 27.4 Å². The molecule has 0 saturated carbocycles. The van der Waals surface area contributed by atoms with Gasteiger partial charge in [0.15, 0.2) is 0 Å². The second-order valence-electron chi connectivity index (χ2n) is 5.30. The van der Waals surface area contributed by atoms with Gasteiger partial charge in [-0.25, -0.2) is 4.79 Å². The summed E-state index contributed by atoms with van der Waals surface area (Å²) in [5.41, 5.74) is 0.707. The Bertz CT molecular complexity index is 410. The van der Waals surface area contributed by atoms with Gasteiger partial charge in [-0.15, -0.1) is 0 Å². The molecule has 2 N–H and O–H groups in total. The fourth-order valence-corrected chi connectivity index (χ4v) is 1.68. The van der Waals surface area contributed by atoms with Gasteiger partial charge in [0.05, 0.1) is 20.7 Å². The quantitative estimate of drug-likeness (QED) is 0.568. The Labute approximate surface area is 139 Å². The zero-order chi connectivity index (χ0) is 15.5. The summed E-state index contributed by atoms with van der Waals surface area (Å²) in [5.74, 6) is 0.821. The molecule has 0 atom stereocenters. The Morgan fingerprint density at radius 1 is 1.14 bits per heavy atom. The lowest BCUT2D eigenvalue weighted by molar-refractivity contribution is -0.858. The average molecular weight is 331 g/mol. The SMILES string of the molecule is CCCCCOc1ccc(NC(=O)OCC[NH+](C)C)cc1.[Cl-]. The molecular formula is C16H27ClN2O3. The molecule has 0 unspecified atom stereocenters. The van der Waals surface area contributed by atoms with Crippen LogP contribution in [0.25, 0.3) is 0 Å². The van der Waals surface area contributed by atoms with Crippen LogP contribution in [0.2, 0.25) is 0 Å². The summed E-state index contributed by atoms with van der Waals surface area (Å²) >= 11 is 0. The van der Waals surface area contributed by atoms with Crippen molar-refractivity contribution in [3.8, 4) is 5.75 Å². The number of unbranched alkanes of at least 4 members (excludes halogenated alkanes) is 2. The van der Waals surface area contributed by atoms with Crippen LogP contribution in [-0.4, -0.2) is 39.9 Å². The second kappa shape index (κ2) is 12.1. The van der Waals surface area contributed by atoms with Gasteiger partial charge in [-0.3, -0.25) is 5.32 Å². The minimum Gasteiger partial charge on any atom is -1.00 e. The predicted molar refractivity (Wildman–Crippen MR) is 84.1 cm³/mol. The highest BCUT2D eigenvalue weighted by atomic mass is 35.5. The number of carbonyl (C=O) groups is 1. The third-order valence-electron chi connectivity index (χ3n) is 2.95. The molecule has 126 valence electrons. The second-order valence-corrected chi connectivity index (χ2v) is 5.30. The summed E-state index contributed by atoms with van der Waals surface area (Å²) in [6.45, 7) is 4.10. The average Bonchev–Trinajstić information content (AvgIpc) is 2.45. The lowest BCUT2D eigenvalue weighted by Gasteiger charge is -2.10. The highest BCUT2D eigenvalue weighted by Gasteiger charge is 2.04. The first-order valence-electron chi connectivity index (χ1n) is 7.57. The molecule has 5 nitrogen and oxygen atoms in total. The lowest BCUT2D eigenvalue weighted by Crippen LogP contribution is -3.06. The third-order valence-corrected chi connectivity index (χ3v) is 2.95. The maximum atomic E-state index is 11.5. The zero-order valence-corrected chi connectivity index (χ0v) is 14.4.